The van der Waals surface area contributed by atoms with E-state index in [4.69, 9.17) is 11.6 Å². The van der Waals surface area contributed by atoms with E-state index < -0.39 is 6.11 Å². The number of piperazine rings is 3. The van der Waals surface area contributed by atoms with Crippen LogP contribution in [0.5, 0.6) is 5.75 Å². The summed E-state index contributed by atoms with van der Waals surface area (Å²) in [6.07, 6.45) is 21.3. The zero-order chi connectivity index (χ0) is 70.2. The van der Waals surface area contributed by atoms with Crippen molar-refractivity contribution in [2.75, 3.05) is 84.2 Å². The maximum atomic E-state index is 13.0. The van der Waals surface area contributed by atoms with Gasteiger partial charge in [0, 0.05) is 180 Å². The van der Waals surface area contributed by atoms with Crippen LogP contribution >= 0.6 is 11.6 Å². The van der Waals surface area contributed by atoms with Crippen LogP contribution in [0, 0.1) is 6.92 Å². The van der Waals surface area contributed by atoms with Gasteiger partial charge in [-0.1, -0.05) is 41.4 Å². The highest BCUT2D eigenvalue weighted by molar-refractivity contribution is 6.30. The average molecular weight is 1380 g/mol. The number of aromatic nitrogens is 9. The number of alkyl halides is 2. The van der Waals surface area contributed by atoms with Gasteiger partial charge < -0.3 is 50.1 Å². The molecule has 9 heterocycles. The molecule has 3 aliphatic carbocycles. The largest absolute Gasteiger partial charge is 0.433 e. The lowest BCUT2D eigenvalue weighted by Gasteiger charge is -2.40. The number of carbonyl (C=O) groups excluding carboxylic acids is 3. The summed E-state index contributed by atoms with van der Waals surface area (Å²) in [4.78, 5) is 90.5. The van der Waals surface area contributed by atoms with Gasteiger partial charge in [0.05, 0.1) is 17.1 Å². The molecule has 3 aromatic carbocycles. The number of amides is 6. The minimum Gasteiger partial charge on any atom is -0.433 e. The Labute approximate surface area is 590 Å². The van der Waals surface area contributed by atoms with Crippen LogP contribution in [-0.4, -0.2) is 161 Å². The molecule has 9 aromatic rings. The van der Waals surface area contributed by atoms with Crippen molar-refractivity contribution in [3.8, 4) is 5.75 Å². The van der Waals surface area contributed by atoms with Crippen LogP contribution in [0.4, 0.5) is 52.0 Å². The Bertz CT molecular complexity index is 4530. The topological polar surface area (TPSA) is 232 Å². The number of hydrogen-bond donors (Lipinski definition) is 3. The van der Waals surface area contributed by atoms with Gasteiger partial charge in [-0.15, -0.1) is 0 Å². The summed E-state index contributed by atoms with van der Waals surface area (Å²) < 4.78 is 30.6. The zero-order valence-electron chi connectivity index (χ0n) is 56.7. The summed E-state index contributed by atoms with van der Waals surface area (Å²) in [6, 6.07) is 33.0. The van der Waals surface area contributed by atoms with Gasteiger partial charge in [0.25, 0.3) is 0 Å². The summed E-state index contributed by atoms with van der Waals surface area (Å²) in [5.74, 6) is 2.79. The fourth-order valence-electron chi connectivity index (χ4n) is 13.4. The first-order valence-corrected chi connectivity index (χ1v) is 34.1. The number of rotatable bonds is 12. The third kappa shape index (κ3) is 16.4. The van der Waals surface area contributed by atoms with Gasteiger partial charge in [0.2, 0.25) is 0 Å². The minimum absolute atomic E-state index is 0.0180. The number of hydrogen-bond acceptors (Lipinski definition) is 16. The molecular weight excluding hydrogens is 1300 g/mol. The predicted molar refractivity (Wildman–Crippen MR) is 389 cm³/mol. The van der Waals surface area contributed by atoms with Gasteiger partial charge >= 0.3 is 24.2 Å². The molecule has 0 spiro atoms. The molecule has 15 rings (SSSR count). The highest BCUT2D eigenvalue weighted by Crippen LogP contribution is 2.39. The van der Waals surface area contributed by atoms with Crippen molar-refractivity contribution in [1.29, 1.82) is 0 Å². The lowest BCUT2D eigenvalue weighted by molar-refractivity contribution is -0.158. The van der Waals surface area contributed by atoms with E-state index >= 15 is 0 Å². The van der Waals surface area contributed by atoms with E-state index in [0.29, 0.717) is 70.0 Å². The van der Waals surface area contributed by atoms with Gasteiger partial charge in [-0.3, -0.25) is 15.0 Å². The molecule has 3 atom stereocenters. The van der Waals surface area contributed by atoms with Crippen LogP contribution in [0.3, 0.4) is 0 Å². The zero-order valence-corrected chi connectivity index (χ0v) is 57.5. The van der Waals surface area contributed by atoms with Gasteiger partial charge in [-0.2, -0.15) is 8.78 Å². The molecule has 6 aliphatic rings. The van der Waals surface area contributed by atoms with Gasteiger partial charge in [-0.05, 0) is 170 Å². The van der Waals surface area contributed by atoms with Crippen LogP contribution in [-0.2, 0) is 25.8 Å². The molecule has 3 N–H and O–H groups in total. The van der Waals surface area contributed by atoms with Crippen molar-refractivity contribution in [1.82, 2.24) is 64.9 Å². The molecule has 0 bridgehead atoms. The molecule has 25 heteroatoms. The highest BCUT2D eigenvalue weighted by Gasteiger charge is 2.35. The number of ether oxygens (including phenoxy) is 1. The van der Waals surface area contributed by atoms with Gasteiger partial charge in [0.1, 0.15) is 42.2 Å². The Morgan fingerprint density at radius 3 is 1.20 bits per heavy atom. The Balaban J connectivity index is 0.000000136. The molecule has 101 heavy (non-hydrogen) atoms. The van der Waals surface area contributed by atoms with E-state index in [0.717, 1.165) is 112 Å². The number of benzene rings is 3. The van der Waals surface area contributed by atoms with E-state index in [9.17, 15) is 23.2 Å². The van der Waals surface area contributed by atoms with Gasteiger partial charge in [0.15, 0.2) is 0 Å². The third-order valence-corrected chi connectivity index (χ3v) is 18.9. The normalized spacial score (nSPS) is 17.5. The monoisotopic (exact) mass is 1380 g/mol. The second-order valence-corrected chi connectivity index (χ2v) is 26.3. The molecule has 6 amide bonds. The molecular formula is C76H77ClF2N18O4. The second-order valence-electron chi connectivity index (χ2n) is 25.8. The van der Waals surface area contributed by atoms with E-state index in [1.807, 2.05) is 77.9 Å². The van der Waals surface area contributed by atoms with Crippen LogP contribution in [0.1, 0.15) is 89.3 Å². The quantitative estimate of drug-likeness (QED) is 0.103. The molecule has 22 nitrogen and oxygen atoms in total. The Hall–Kier alpha value is -11.3. The number of nitrogens with one attached hydrogen (secondary N) is 3. The van der Waals surface area contributed by atoms with Crippen molar-refractivity contribution in [3.63, 3.8) is 0 Å². The van der Waals surface area contributed by atoms with E-state index in [2.05, 4.69) is 144 Å². The third-order valence-electron chi connectivity index (χ3n) is 18.6. The fourth-order valence-corrected chi connectivity index (χ4v) is 13.6. The first-order valence-electron chi connectivity index (χ1n) is 33.7. The first kappa shape index (κ1) is 68.3. The number of halogens is 3. The van der Waals surface area contributed by atoms with Crippen molar-refractivity contribution in [2.45, 2.75) is 84.7 Å². The van der Waals surface area contributed by atoms with Crippen molar-refractivity contribution in [3.05, 3.63) is 232 Å². The number of allylic oxidation sites excluding steroid dienone is 3. The maximum absolute atomic E-state index is 13.0. The molecule has 3 saturated heterocycles. The van der Waals surface area contributed by atoms with E-state index in [-0.39, 0.29) is 42.0 Å². The highest BCUT2D eigenvalue weighted by atomic mass is 35.5. The van der Waals surface area contributed by atoms with Crippen molar-refractivity contribution < 1.29 is 27.9 Å². The number of nitrogens with zero attached hydrogens (tertiary/aromatic N) is 15. The summed E-state index contributed by atoms with van der Waals surface area (Å²) in [7, 11) is 0. The van der Waals surface area contributed by atoms with Crippen LogP contribution in [0.25, 0.3) is 34.9 Å². The molecule has 0 radical (unpaired) electrons. The number of urea groups is 3. The van der Waals surface area contributed by atoms with E-state index in [1.165, 1.54) is 46.5 Å². The number of aryl methyl sites for hydroxylation is 1. The standard InChI is InChI=1S/C26H26F2N6O2.C26H28N6O.C24H23ClN6O/c1-17-15-33(24-22-13-19(14-23(22)30-16-31-24)18-7-9-29-10-8-18)11-12-34(17)25(35)32-20-3-5-21(6-4-20)36-26(2,27)28;1-18-3-5-20(6-4-18)15-28-26(33)32-12-11-31(16-19(32)2)25-23-13-22(14-24(23)29-17-30-25)21-7-9-27-10-8-21;1-16-14-30(10-11-31(16)24(32)29-20-4-2-19(25)3-5-20)23-21-12-18(13-22(21)27-15-28-23)17-6-8-26-9-7-17/h3-10,13,16-17H,11-12,14-15H2,1-2H3,(H,32,35);3-10,13,17,19H,11-12,14-16H2,1-2H3,(H,28,33);2-9,12,15-16H,10-11,13-14H2,1H3,(H,29,32)/t17-;19-;16-/m111/s1. The molecule has 0 unspecified atom stereocenters. The molecule has 516 valence electrons. The molecule has 0 saturated carbocycles. The lowest BCUT2D eigenvalue weighted by Crippen LogP contribution is -2.56. The van der Waals surface area contributed by atoms with Gasteiger partial charge in [-0.25, -0.2) is 44.3 Å². The SMILES string of the molecule is C[C@@H]1CN(c2ncnc3c2C=C(c2ccncc2)C3)CCN1C(=O)Nc1ccc(Cl)cc1.C[C@@H]1CN(c2ncnc3c2C=C(c2ccncc2)C3)CCN1C(=O)Nc1ccc(OC(C)(F)F)cc1.Cc1ccc(CNC(=O)N2CCN(c3ncnc4c3C=C(c3ccncc3)C4)C[C@H]2C)cc1. The van der Waals surface area contributed by atoms with Crippen LogP contribution in [0.15, 0.2) is 165 Å². The molecule has 3 fully saturated rings. The second kappa shape index (κ2) is 30.5. The molecule has 6 aromatic heterocycles. The minimum atomic E-state index is -3.26. The van der Waals surface area contributed by atoms with Crippen LogP contribution < -0.4 is 35.4 Å². The molecule has 3 aliphatic heterocycles. The Morgan fingerprint density at radius 1 is 0.485 bits per heavy atom. The predicted octanol–water partition coefficient (Wildman–Crippen LogP) is 12.8. The summed E-state index contributed by atoms with van der Waals surface area (Å²) in [5.41, 5.74) is 16.9. The smallest absolute Gasteiger partial charge is 0.394 e. The number of pyridine rings is 3. The lowest BCUT2D eigenvalue weighted by atomic mass is 10.1. The summed E-state index contributed by atoms with van der Waals surface area (Å²) in [5, 5.41) is 9.51. The first-order chi connectivity index (χ1) is 48.9. The fraction of sp³-hybridized carbons (Fsp3) is 0.289. The van der Waals surface area contributed by atoms with E-state index in [1.54, 1.807) is 60.5 Å². The maximum Gasteiger partial charge on any atom is 0.394 e. The summed E-state index contributed by atoms with van der Waals surface area (Å²) >= 11 is 5.93. The van der Waals surface area contributed by atoms with Crippen LogP contribution in [0.2, 0.25) is 5.02 Å². The van der Waals surface area contributed by atoms with Crippen molar-refractivity contribution in [2.24, 2.45) is 0 Å². The number of anilines is 5. The number of carbonyl (C=O) groups is 3. The number of fused-ring (bicyclic) bond motifs is 3. The van der Waals surface area contributed by atoms with Crippen molar-refractivity contribution >= 4 is 93.5 Å². The Morgan fingerprint density at radius 2 is 0.842 bits per heavy atom. The Kier molecular flexibility index (Phi) is 20.6. The average Bonchev–Trinajstić information content (AvgIpc) is 1.69. The summed E-state index contributed by atoms with van der Waals surface area (Å²) in [6.45, 7) is 15.3.